The number of anilines is 1. The first-order valence-corrected chi connectivity index (χ1v) is 10.2. The molecule has 0 aliphatic rings. The van der Waals surface area contributed by atoms with Gasteiger partial charge in [-0.15, -0.1) is 13.2 Å². The quantitative estimate of drug-likeness (QED) is 0.314. The van der Waals surface area contributed by atoms with Crippen LogP contribution in [0.1, 0.15) is 5.56 Å². The highest BCUT2D eigenvalue weighted by molar-refractivity contribution is 8.00. The highest BCUT2D eigenvalue weighted by Crippen LogP contribution is 2.29. The van der Waals surface area contributed by atoms with Crippen molar-refractivity contribution in [2.45, 2.75) is 18.2 Å². The van der Waals surface area contributed by atoms with E-state index in [-0.39, 0.29) is 5.75 Å². The topological polar surface area (TPSA) is 49.9 Å². The highest BCUT2D eigenvalue weighted by atomic mass is 32.2. The zero-order chi connectivity index (χ0) is 21.8. The number of H-pyrrole nitrogens is 1. The standard InChI is InChI=1S/C23H18F3N3OS/c1-15-5-11-20(12-6-15)31-29-18-4-2-3-17(13-18)22-27-14-21(28-22)16-7-9-19(10-8-16)30-23(24,25)26/h2-14,29H,1H3,(H,27,28). The van der Waals surface area contributed by atoms with E-state index >= 15 is 0 Å². The van der Waals surface area contributed by atoms with Crippen LogP contribution in [0.15, 0.2) is 83.9 Å². The average molecular weight is 441 g/mol. The van der Waals surface area contributed by atoms with Crippen LogP contribution in [0.3, 0.4) is 0 Å². The van der Waals surface area contributed by atoms with Crippen molar-refractivity contribution < 1.29 is 17.9 Å². The maximum atomic E-state index is 12.3. The number of aromatic amines is 1. The fraction of sp³-hybridized carbons (Fsp3) is 0.0870. The van der Waals surface area contributed by atoms with E-state index in [1.54, 1.807) is 18.3 Å². The van der Waals surface area contributed by atoms with Crippen LogP contribution in [-0.2, 0) is 0 Å². The second-order valence-electron chi connectivity index (χ2n) is 6.82. The molecule has 0 saturated heterocycles. The first-order valence-electron chi connectivity index (χ1n) is 9.37. The van der Waals surface area contributed by atoms with Crippen molar-refractivity contribution >= 4 is 17.6 Å². The van der Waals surface area contributed by atoms with Crippen molar-refractivity contribution in [1.82, 2.24) is 9.97 Å². The Kier molecular flexibility index (Phi) is 5.90. The molecule has 31 heavy (non-hydrogen) atoms. The van der Waals surface area contributed by atoms with Crippen LogP contribution < -0.4 is 9.46 Å². The van der Waals surface area contributed by atoms with Gasteiger partial charge >= 0.3 is 6.36 Å². The summed E-state index contributed by atoms with van der Waals surface area (Å²) in [5.41, 5.74) is 4.42. The number of alkyl halides is 3. The number of halogens is 3. The molecule has 3 aromatic carbocycles. The maximum absolute atomic E-state index is 12.3. The van der Waals surface area contributed by atoms with Gasteiger partial charge in [0, 0.05) is 16.1 Å². The highest BCUT2D eigenvalue weighted by Gasteiger charge is 2.30. The second-order valence-corrected chi connectivity index (χ2v) is 7.70. The summed E-state index contributed by atoms with van der Waals surface area (Å²) in [5.74, 6) is 0.399. The van der Waals surface area contributed by atoms with Crippen molar-refractivity contribution in [3.63, 3.8) is 0 Å². The van der Waals surface area contributed by atoms with Crippen molar-refractivity contribution in [3.05, 3.63) is 84.6 Å². The summed E-state index contributed by atoms with van der Waals surface area (Å²) in [6.45, 7) is 2.05. The molecular weight excluding hydrogens is 423 g/mol. The molecule has 2 N–H and O–H groups in total. The van der Waals surface area contributed by atoms with Gasteiger partial charge in [0.15, 0.2) is 0 Å². The van der Waals surface area contributed by atoms with Gasteiger partial charge in [0.2, 0.25) is 0 Å². The third kappa shape index (κ3) is 5.61. The van der Waals surface area contributed by atoms with Gasteiger partial charge in [0.05, 0.1) is 11.9 Å². The van der Waals surface area contributed by atoms with Gasteiger partial charge in [-0.1, -0.05) is 29.8 Å². The first-order chi connectivity index (χ1) is 14.9. The molecule has 158 valence electrons. The molecule has 0 radical (unpaired) electrons. The smallest absolute Gasteiger partial charge is 0.406 e. The predicted molar refractivity (Wildman–Crippen MR) is 117 cm³/mol. The Balaban J connectivity index is 1.46. The summed E-state index contributed by atoms with van der Waals surface area (Å²) in [4.78, 5) is 8.73. The van der Waals surface area contributed by atoms with Gasteiger partial charge in [-0.05, 0) is 73.0 Å². The van der Waals surface area contributed by atoms with Crippen LogP contribution in [0.5, 0.6) is 5.75 Å². The molecule has 8 heteroatoms. The Hall–Kier alpha value is -3.39. The van der Waals surface area contributed by atoms with E-state index < -0.39 is 6.36 Å². The number of aromatic nitrogens is 2. The van der Waals surface area contributed by atoms with E-state index in [1.165, 1.54) is 29.6 Å². The monoisotopic (exact) mass is 441 g/mol. The number of imidazole rings is 1. The molecule has 0 amide bonds. The molecule has 4 nitrogen and oxygen atoms in total. The molecule has 1 aromatic heterocycles. The fourth-order valence-electron chi connectivity index (χ4n) is 2.90. The van der Waals surface area contributed by atoms with Crippen molar-refractivity contribution in [1.29, 1.82) is 0 Å². The zero-order valence-electron chi connectivity index (χ0n) is 16.4. The van der Waals surface area contributed by atoms with E-state index in [4.69, 9.17) is 0 Å². The van der Waals surface area contributed by atoms with Gasteiger partial charge in [-0.3, -0.25) is 0 Å². The number of rotatable bonds is 6. The predicted octanol–water partition coefficient (Wildman–Crippen LogP) is 7.07. The van der Waals surface area contributed by atoms with Crippen molar-refractivity contribution in [2.24, 2.45) is 0 Å². The van der Waals surface area contributed by atoms with Gasteiger partial charge in [0.25, 0.3) is 0 Å². The van der Waals surface area contributed by atoms with Gasteiger partial charge < -0.3 is 14.4 Å². The lowest BCUT2D eigenvalue weighted by atomic mass is 10.1. The number of nitrogens with one attached hydrogen (secondary N) is 2. The molecule has 0 spiro atoms. The SMILES string of the molecule is Cc1ccc(SNc2cccc(-c3ncc(-c4ccc(OC(F)(F)F)cc4)[nH]3)c2)cc1. The maximum Gasteiger partial charge on any atom is 0.573 e. The van der Waals surface area contributed by atoms with Crippen LogP contribution in [-0.4, -0.2) is 16.3 Å². The Bertz CT molecular complexity index is 1160. The molecule has 0 atom stereocenters. The van der Waals surface area contributed by atoms with E-state index in [1.807, 2.05) is 31.2 Å². The summed E-state index contributed by atoms with van der Waals surface area (Å²) >= 11 is 1.52. The molecule has 0 unspecified atom stereocenters. The Labute approximate surface area is 181 Å². The number of ether oxygens (including phenoxy) is 1. The molecule has 0 aliphatic carbocycles. The van der Waals surface area contributed by atoms with E-state index in [0.29, 0.717) is 17.1 Å². The summed E-state index contributed by atoms with van der Waals surface area (Å²) in [7, 11) is 0. The molecule has 0 aliphatic heterocycles. The minimum Gasteiger partial charge on any atom is -0.406 e. The van der Waals surface area contributed by atoms with Crippen LogP contribution in [0.4, 0.5) is 18.9 Å². The lowest BCUT2D eigenvalue weighted by molar-refractivity contribution is -0.274. The van der Waals surface area contributed by atoms with Gasteiger partial charge in [0.1, 0.15) is 11.6 Å². The Morgan fingerprint density at radius 2 is 1.68 bits per heavy atom. The van der Waals surface area contributed by atoms with Gasteiger partial charge in [-0.25, -0.2) is 4.98 Å². The molecule has 0 bridgehead atoms. The average Bonchev–Trinajstić information content (AvgIpc) is 3.23. The molecular formula is C23H18F3N3OS. The largest absolute Gasteiger partial charge is 0.573 e. The molecule has 4 rings (SSSR count). The van der Waals surface area contributed by atoms with E-state index in [0.717, 1.165) is 16.1 Å². The third-order valence-corrected chi connectivity index (χ3v) is 5.26. The van der Waals surface area contributed by atoms with Crippen LogP contribution in [0.2, 0.25) is 0 Å². The minimum absolute atomic E-state index is 0.263. The number of aryl methyl sites for hydroxylation is 1. The van der Waals surface area contributed by atoms with Gasteiger partial charge in [-0.2, -0.15) is 0 Å². The molecule has 0 saturated carbocycles. The van der Waals surface area contributed by atoms with Crippen LogP contribution in [0.25, 0.3) is 22.6 Å². The van der Waals surface area contributed by atoms with Crippen LogP contribution >= 0.6 is 11.9 Å². The van der Waals surface area contributed by atoms with E-state index in [9.17, 15) is 13.2 Å². The molecule has 0 fully saturated rings. The normalized spacial score (nSPS) is 11.4. The van der Waals surface area contributed by atoms with Crippen molar-refractivity contribution in [3.8, 4) is 28.4 Å². The second kappa shape index (κ2) is 8.77. The molecule has 4 aromatic rings. The summed E-state index contributed by atoms with van der Waals surface area (Å²) in [5, 5.41) is 0. The number of hydrogen-bond donors (Lipinski definition) is 2. The lowest BCUT2D eigenvalue weighted by Crippen LogP contribution is -2.16. The Morgan fingerprint density at radius 3 is 2.39 bits per heavy atom. The zero-order valence-corrected chi connectivity index (χ0v) is 17.2. The van der Waals surface area contributed by atoms with E-state index in [2.05, 4.69) is 43.7 Å². The Morgan fingerprint density at radius 1 is 0.935 bits per heavy atom. The summed E-state index contributed by atoms with van der Waals surface area (Å²) in [6, 6.07) is 21.7. The number of hydrogen-bond acceptors (Lipinski definition) is 4. The summed E-state index contributed by atoms with van der Waals surface area (Å²) in [6.07, 6.45) is -3.06. The third-order valence-electron chi connectivity index (χ3n) is 4.42. The molecule has 1 heterocycles. The first kappa shape index (κ1) is 20.9. The number of nitrogens with zero attached hydrogens (tertiary/aromatic N) is 1. The van der Waals surface area contributed by atoms with Crippen molar-refractivity contribution in [2.75, 3.05) is 4.72 Å². The number of benzene rings is 3. The minimum atomic E-state index is -4.71. The lowest BCUT2D eigenvalue weighted by Gasteiger charge is -2.08. The summed E-state index contributed by atoms with van der Waals surface area (Å²) < 4.78 is 44.2. The van der Waals surface area contributed by atoms with Crippen LogP contribution in [0, 0.1) is 6.92 Å². The fourth-order valence-corrected chi connectivity index (χ4v) is 3.54.